The number of ketones is 1. The number of nitrogens with one attached hydrogen (secondary N) is 1. The highest BCUT2D eigenvalue weighted by Gasteiger charge is 2.29. The van der Waals surface area contributed by atoms with Crippen molar-refractivity contribution in [1.82, 2.24) is 5.32 Å². The lowest BCUT2D eigenvalue weighted by Gasteiger charge is -2.19. The first-order valence-electron chi connectivity index (χ1n) is 6.70. The van der Waals surface area contributed by atoms with Crippen molar-refractivity contribution in [3.8, 4) is 0 Å². The van der Waals surface area contributed by atoms with Gasteiger partial charge in [0.25, 0.3) is 0 Å². The Morgan fingerprint density at radius 1 is 1.22 bits per heavy atom. The number of rotatable bonds is 6. The predicted octanol–water partition coefficient (Wildman–Crippen LogP) is 1.69. The van der Waals surface area contributed by atoms with Gasteiger partial charge in [0, 0.05) is 12.5 Å². The summed E-state index contributed by atoms with van der Waals surface area (Å²) in [5.41, 5.74) is 0. The summed E-state index contributed by atoms with van der Waals surface area (Å²) >= 11 is 0. The van der Waals surface area contributed by atoms with Gasteiger partial charge in [-0.2, -0.15) is 0 Å². The third-order valence-corrected chi connectivity index (χ3v) is 6.13. The zero-order chi connectivity index (χ0) is 13.8. The average Bonchev–Trinajstić information content (AvgIpc) is 2.74. The van der Waals surface area contributed by atoms with Crippen molar-refractivity contribution in [2.24, 2.45) is 0 Å². The molecule has 0 heterocycles. The summed E-state index contributed by atoms with van der Waals surface area (Å²) in [4.78, 5) is 11.6. The Morgan fingerprint density at radius 2 is 1.78 bits per heavy atom. The fourth-order valence-electron chi connectivity index (χ4n) is 2.03. The molecule has 0 radical (unpaired) electrons. The SMILES string of the molecule is CC(C)(C)S(=O)(=O)CCC(=O)CNC1CCCC1. The molecule has 18 heavy (non-hydrogen) atoms. The number of sulfone groups is 1. The van der Waals surface area contributed by atoms with Crippen LogP contribution in [0.1, 0.15) is 52.9 Å². The van der Waals surface area contributed by atoms with Gasteiger partial charge in [0.05, 0.1) is 17.0 Å². The van der Waals surface area contributed by atoms with E-state index in [9.17, 15) is 13.2 Å². The maximum absolute atomic E-state index is 11.8. The van der Waals surface area contributed by atoms with Crippen LogP contribution in [0.25, 0.3) is 0 Å². The van der Waals surface area contributed by atoms with Gasteiger partial charge in [-0.3, -0.25) is 4.79 Å². The molecular formula is C13H25NO3S. The Bertz CT molecular complexity index is 376. The quantitative estimate of drug-likeness (QED) is 0.801. The second kappa shape index (κ2) is 6.15. The van der Waals surface area contributed by atoms with Gasteiger partial charge >= 0.3 is 0 Å². The van der Waals surface area contributed by atoms with Crippen LogP contribution in [0.2, 0.25) is 0 Å². The van der Waals surface area contributed by atoms with E-state index in [1.165, 1.54) is 12.8 Å². The standard InChI is InChI=1S/C13H25NO3S/c1-13(2,3)18(16,17)9-8-12(15)10-14-11-6-4-5-7-11/h11,14H,4-10H2,1-3H3. The minimum atomic E-state index is -3.18. The van der Waals surface area contributed by atoms with Crippen LogP contribution in [0, 0.1) is 0 Å². The Balaban J connectivity index is 2.28. The van der Waals surface area contributed by atoms with Gasteiger partial charge in [-0.05, 0) is 33.6 Å². The highest BCUT2D eigenvalue weighted by molar-refractivity contribution is 7.92. The van der Waals surface area contributed by atoms with Gasteiger partial charge in [0.1, 0.15) is 5.78 Å². The lowest BCUT2D eigenvalue weighted by Crippen LogP contribution is -2.34. The van der Waals surface area contributed by atoms with E-state index in [0.29, 0.717) is 12.6 Å². The molecule has 0 aliphatic heterocycles. The number of carbonyl (C=O) groups excluding carboxylic acids is 1. The summed E-state index contributed by atoms with van der Waals surface area (Å²) in [5.74, 6) is -0.0449. The Hall–Kier alpha value is -0.420. The van der Waals surface area contributed by atoms with E-state index in [0.717, 1.165) is 12.8 Å². The molecule has 0 atom stereocenters. The van der Waals surface area contributed by atoms with Crippen molar-refractivity contribution in [3.05, 3.63) is 0 Å². The maximum atomic E-state index is 11.8. The second-order valence-electron chi connectivity index (χ2n) is 6.08. The van der Waals surface area contributed by atoms with E-state index in [1.807, 2.05) is 0 Å². The topological polar surface area (TPSA) is 63.2 Å². The molecule has 0 aromatic carbocycles. The summed E-state index contributed by atoms with van der Waals surface area (Å²) < 4.78 is 22.9. The van der Waals surface area contributed by atoms with Crippen LogP contribution >= 0.6 is 0 Å². The molecule has 1 aliphatic rings. The number of Topliss-reactive ketones (excluding diaryl/α,β-unsaturated/α-hetero) is 1. The van der Waals surface area contributed by atoms with Crippen LogP contribution in [0.15, 0.2) is 0 Å². The summed E-state index contributed by atoms with van der Waals surface area (Å²) in [6.07, 6.45) is 4.84. The largest absolute Gasteiger partial charge is 0.307 e. The predicted molar refractivity (Wildman–Crippen MR) is 73.4 cm³/mol. The molecule has 0 aromatic rings. The van der Waals surface area contributed by atoms with E-state index in [2.05, 4.69) is 5.32 Å². The van der Waals surface area contributed by atoms with Crippen molar-refractivity contribution >= 4 is 15.6 Å². The zero-order valence-electron chi connectivity index (χ0n) is 11.7. The van der Waals surface area contributed by atoms with Gasteiger partial charge in [-0.1, -0.05) is 12.8 Å². The first-order valence-corrected chi connectivity index (χ1v) is 8.35. The Morgan fingerprint density at radius 3 is 2.28 bits per heavy atom. The second-order valence-corrected chi connectivity index (χ2v) is 8.94. The number of hydrogen-bond donors (Lipinski definition) is 1. The molecule has 106 valence electrons. The average molecular weight is 275 g/mol. The molecular weight excluding hydrogens is 250 g/mol. The van der Waals surface area contributed by atoms with Crippen LogP contribution in [0.5, 0.6) is 0 Å². The molecule has 0 aromatic heterocycles. The van der Waals surface area contributed by atoms with E-state index < -0.39 is 14.6 Å². The van der Waals surface area contributed by atoms with Crippen LogP contribution in [-0.2, 0) is 14.6 Å². The fraction of sp³-hybridized carbons (Fsp3) is 0.923. The third-order valence-electron chi connectivity index (χ3n) is 3.53. The molecule has 1 aliphatic carbocycles. The lowest BCUT2D eigenvalue weighted by molar-refractivity contribution is -0.118. The molecule has 1 fully saturated rings. The molecule has 1 N–H and O–H groups in total. The molecule has 0 bridgehead atoms. The molecule has 0 saturated heterocycles. The van der Waals surface area contributed by atoms with Crippen LogP contribution in [0.4, 0.5) is 0 Å². The van der Waals surface area contributed by atoms with Crippen molar-refractivity contribution in [2.75, 3.05) is 12.3 Å². The summed E-state index contributed by atoms with van der Waals surface area (Å²) in [7, 11) is -3.18. The van der Waals surface area contributed by atoms with E-state index in [-0.39, 0.29) is 18.0 Å². The minimum absolute atomic E-state index is 0.00488. The smallest absolute Gasteiger partial charge is 0.155 e. The van der Waals surface area contributed by atoms with Gasteiger partial charge in [-0.15, -0.1) is 0 Å². The van der Waals surface area contributed by atoms with Crippen molar-refractivity contribution in [2.45, 2.75) is 63.7 Å². The third kappa shape index (κ3) is 4.69. The summed E-state index contributed by atoms with van der Waals surface area (Å²) in [6, 6.07) is 0.452. The highest BCUT2D eigenvalue weighted by Crippen LogP contribution is 2.18. The van der Waals surface area contributed by atoms with Crippen molar-refractivity contribution < 1.29 is 13.2 Å². The Kier molecular flexibility index (Phi) is 5.34. The van der Waals surface area contributed by atoms with Crippen molar-refractivity contribution in [1.29, 1.82) is 0 Å². The molecule has 0 amide bonds. The molecule has 1 saturated carbocycles. The van der Waals surface area contributed by atoms with Crippen molar-refractivity contribution in [3.63, 3.8) is 0 Å². The summed E-state index contributed by atoms with van der Waals surface area (Å²) in [6.45, 7) is 5.32. The van der Waals surface area contributed by atoms with E-state index in [1.54, 1.807) is 20.8 Å². The molecule has 1 rings (SSSR count). The lowest BCUT2D eigenvalue weighted by atomic mass is 10.2. The maximum Gasteiger partial charge on any atom is 0.155 e. The van der Waals surface area contributed by atoms with E-state index >= 15 is 0 Å². The number of carbonyl (C=O) groups is 1. The van der Waals surface area contributed by atoms with Gasteiger partial charge in [0.2, 0.25) is 0 Å². The van der Waals surface area contributed by atoms with Gasteiger partial charge in [-0.25, -0.2) is 8.42 Å². The van der Waals surface area contributed by atoms with Crippen LogP contribution in [0.3, 0.4) is 0 Å². The molecule has 4 nitrogen and oxygen atoms in total. The molecule has 5 heteroatoms. The summed E-state index contributed by atoms with van der Waals surface area (Å²) in [5, 5.41) is 3.21. The highest BCUT2D eigenvalue weighted by atomic mass is 32.2. The van der Waals surface area contributed by atoms with Crippen LogP contribution < -0.4 is 5.32 Å². The first-order chi connectivity index (χ1) is 8.22. The molecule has 0 spiro atoms. The normalized spacial score (nSPS) is 18.2. The fourth-order valence-corrected chi connectivity index (χ4v) is 3.14. The minimum Gasteiger partial charge on any atom is -0.307 e. The van der Waals surface area contributed by atoms with Gasteiger partial charge < -0.3 is 5.32 Å². The molecule has 0 unspecified atom stereocenters. The monoisotopic (exact) mass is 275 g/mol. The first kappa shape index (κ1) is 15.6. The van der Waals surface area contributed by atoms with E-state index in [4.69, 9.17) is 0 Å². The number of hydrogen-bond acceptors (Lipinski definition) is 4. The van der Waals surface area contributed by atoms with Crippen LogP contribution in [-0.4, -0.2) is 37.3 Å². The zero-order valence-corrected chi connectivity index (χ0v) is 12.5. The Labute approximate surface area is 110 Å². The van der Waals surface area contributed by atoms with Gasteiger partial charge in [0.15, 0.2) is 9.84 Å².